The minimum Gasteiger partial charge on any atom is -0.509 e. The van der Waals surface area contributed by atoms with Gasteiger partial charge in [-0.15, -0.1) is 0 Å². The number of benzene rings is 2. The van der Waals surface area contributed by atoms with Crippen molar-refractivity contribution in [3.63, 3.8) is 0 Å². The number of aliphatic hydroxyl groups excluding tert-OH is 1. The quantitative estimate of drug-likeness (QED) is 0.538. The molecule has 1 aromatic heterocycles. The predicted octanol–water partition coefficient (Wildman–Crippen LogP) is 3.18. The Morgan fingerprint density at radius 2 is 1.66 bits per heavy atom. The first-order valence-corrected chi connectivity index (χ1v) is 9.88. The molecule has 0 aliphatic carbocycles. The van der Waals surface area contributed by atoms with E-state index in [4.69, 9.17) is 0 Å². The summed E-state index contributed by atoms with van der Waals surface area (Å²) in [5, 5.41) is 20.4. The summed E-state index contributed by atoms with van der Waals surface area (Å²) < 4.78 is 1.86. The lowest BCUT2D eigenvalue weighted by Crippen LogP contribution is -2.46. The van der Waals surface area contributed by atoms with Crippen LogP contribution in [-0.4, -0.2) is 57.2 Å². The molecule has 0 atom stereocenters. The second-order valence-corrected chi connectivity index (χ2v) is 7.45. The van der Waals surface area contributed by atoms with E-state index < -0.39 is 0 Å². The summed E-state index contributed by atoms with van der Waals surface area (Å²) in [6.45, 7) is 4.91. The van der Waals surface area contributed by atoms with Crippen LogP contribution in [0, 0.1) is 11.3 Å². The van der Waals surface area contributed by atoms with Crippen molar-refractivity contribution in [3.05, 3.63) is 71.7 Å². The Balaban J connectivity index is 1.43. The number of rotatable bonds is 5. The van der Waals surface area contributed by atoms with E-state index in [0.29, 0.717) is 12.4 Å². The normalized spacial score (nSPS) is 16.6. The van der Waals surface area contributed by atoms with E-state index in [9.17, 15) is 10.4 Å². The number of nitriles is 1. The summed E-state index contributed by atoms with van der Waals surface area (Å²) in [4.78, 5) is 9.16. The number of para-hydroxylation sites is 2. The summed E-state index contributed by atoms with van der Waals surface area (Å²) in [5.41, 5.74) is 3.32. The zero-order valence-electron chi connectivity index (χ0n) is 16.6. The Morgan fingerprint density at radius 1 is 1.00 bits per heavy atom. The molecular weight excluding hydrogens is 362 g/mol. The molecule has 2 aromatic carbocycles. The third kappa shape index (κ3) is 4.16. The van der Waals surface area contributed by atoms with Gasteiger partial charge in [0.2, 0.25) is 0 Å². The first-order chi connectivity index (χ1) is 14.2. The fourth-order valence-electron chi connectivity index (χ4n) is 3.85. The van der Waals surface area contributed by atoms with Crippen molar-refractivity contribution in [3.8, 4) is 6.07 Å². The maximum atomic E-state index is 10.7. The maximum Gasteiger partial charge on any atom is 0.155 e. The van der Waals surface area contributed by atoms with Crippen molar-refractivity contribution in [1.29, 1.82) is 5.26 Å². The van der Waals surface area contributed by atoms with E-state index >= 15 is 0 Å². The molecule has 148 valence electrons. The molecule has 0 saturated carbocycles. The number of fused-ring (bicyclic) bond motifs is 1. The highest BCUT2D eigenvalue weighted by Gasteiger charge is 2.21. The van der Waals surface area contributed by atoms with Gasteiger partial charge in [0.15, 0.2) is 5.82 Å². The first kappa shape index (κ1) is 19.2. The standard InChI is InChI=1S/C23H25N5O/c1-26-21-10-6-5-9-20(21)25-23(26)19(15-24)22(29)17-28-13-11-27(12-14-28)16-18-7-3-2-4-8-18/h2-10,29H,11-14,16-17H2,1H3. The van der Waals surface area contributed by atoms with Gasteiger partial charge in [-0.3, -0.25) is 9.80 Å². The molecule has 0 amide bonds. The fourth-order valence-corrected chi connectivity index (χ4v) is 3.85. The molecule has 0 spiro atoms. The van der Waals surface area contributed by atoms with Crippen LogP contribution in [0.5, 0.6) is 0 Å². The van der Waals surface area contributed by atoms with Crippen LogP contribution in [0.3, 0.4) is 0 Å². The molecule has 1 saturated heterocycles. The van der Waals surface area contributed by atoms with Gasteiger partial charge in [-0.2, -0.15) is 5.26 Å². The van der Waals surface area contributed by atoms with Crippen molar-refractivity contribution < 1.29 is 5.11 Å². The highest BCUT2D eigenvalue weighted by Crippen LogP contribution is 2.22. The summed E-state index contributed by atoms with van der Waals surface area (Å²) in [7, 11) is 1.87. The van der Waals surface area contributed by atoms with Gasteiger partial charge in [-0.1, -0.05) is 42.5 Å². The third-order valence-corrected chi connectivity index (χ3v) is 5.50. The van der Waals surface area contributed by atoms with Gasteiger partial charge in [0.25, 0.3) is 0 Å². The summed E-state index contributed by atoms with van der Waals surface area (Å²) in [6.07, 6.45) is 0. The second kappa shape index (κ2) is 8.48. The fraction of sp³-hybridized carbons (Fsp3) is 0.304. The molecule has 0 bridgehead atoms. The van der Waals surface area contributed by atoms with Crippen molar-refractivity contribution in [2.45, 2.75) is 6.54 Å². The molecule has 4 rings (SSSR count). The second-order valence-electron chi connectivity index (χ2n) is 7.45. The molecule has 0 radical (unpaired) electrons. The molecule has 6 heteroatoms. The Labute approximate surface area is 170 Å². The van der Waals surface area contributed by atoms with Gasteiger partial charge in [-0.05, 0) is 17.7 Å². The van der Waals surface area contributed by atoms with Crippen molar-refractivity contribution >= 4 is 16.6 Å². The van der Waals surface area contributed by atoms with Crippen LogP contribution < -0.4 is 0 Å². The average Bonchev–Trinajstić information content (AvgIpc) is 3.07. The number of aliphatic hydroxyl groups is 1. The minimum atomic E-state index is 0.0856. The lowest BCUT2D eigenvalue weighted by Gasteiger charge is -2.34. The number of aromatic nitrogens is 2. The van der Waals surface area contributed by atoms with Crippen molar-refractivity contribution in [2.75, 3.05) is 32.7 Å². The Bertz CT molecular complexity index is 1060. The van der Waals surface area contributed by atoms with E-state index in [2.05, 4.69) is 45.1 Å². The molecule has 1 fully saturated rings. The van der Waals surface area contributed by atoms with Gasteiger partial charge >= 0.3 is 0 Å². The van der Waals surface area contributed by atoms with Crippen LogP contribution >= 0.6 is 0 Å². The molecule has 6 nitrogen and oxygen atoms in total. The number of hydrogen-bond donors (Lipinski definition) is 1. The average molecular weight is 387 g/mol. The largest absolute Gasteiger partial charge is 0.509 e. The Morgan fingerprint density at radius 3 is 2.34 bits per heavy atom. The van der Waals surface area contributed by atoms with E-state index in [1.54, 1.807) is 0 Å². The molecule has 3 aromatic rings. The van der Waals surface area contributed by atoms with E-state index in [1.807, 2.05) is 41.9 Å². The SMILES string of the molecule is Cn1c(C(C#N)=C(O)CN2CCN(Cc3ccccc3)CC2)nc2ccccc21. The van der Waals surface area contributed by atoms with Gasteiger partial charge in [0, 0.05) is 39.8 Å². The lowest BCUT2D eigenvalue weighted by atomic mass is 10.2. The van der Waals surface area contributed by atoms with Gasteiger partial charge in [0.1, 0.15) is 17.4 Å². The molecule has 2 heterocycles. The van der Waals surface area contributed by atoms with Crippen LogP contribution in [0.1, 0.15) is 11.4 Å². The highest BCUT2D eigenvalue weighted by atomic mass is 16.3. The smallest absolute Gasteiger partial charge is 0.155 e. The highest BCUT2D eigenvalue weighted by molar-refractivity contribution is 5.83. The van der Waals surface area contributed by atoms with Crippen LogP contribution in [0.15, 0.2) is 60.4 Å². The number of aryl methyl sites for hydroxylation is 1. The van der Waals surface area contributed by atoms with E-state index in [1.165, 1.54) is 5.56 Å². The lowest BCUT2D eigenvalue weighted by molar-refractivity contribution is 0.125. The van der Waals surface area contributed by atoms with E-state index in [-0.39, 0.29) is 11.3 Å². The third-order valence-electron chi connectivity index (χ3n) is 5.50. The molecular formula is C23H25N5O. The number of hydrogen-bond acceptors (Lipinski definition) is 5. The monoisotopic (exact) mass is 387 g/mol. The van der Waals surface area contributed by atoms with Gasteiger partial charge in [-0.25, -0.2) is 4.98 Å². The summed E-state index contributed by atoms with van der Waals surface area (Å²) >= 11 is 0. The molecule has 0 unspecified atom stereocenters. The molecule has 1 aliphatic rings. The number of piperazine rings is 1. The zero-order valence-corrected chi connectivity index (χ0v) is 16.6. The van der Waals surface area contributed by atoms with Crippen LogP contribution in [-0.2, 0) is 13.6 Å². The first-order valence-electron chi connectivity index (χ1n) is 9.88. The summed E-state index contributed by atoms with van der Waals surface area (Å²) in [6, 6.07) is 20.4. The minimum absolute atomic E-state index is 0.0856. The number of imidazole rings is 1. The van der Waals surface area contributed by atoms with Crippen LogP contribution in [0.2, 0.25) is 0 Å². The van der Waals surface area contributed by atoms with Gasteiger partial charge < -0.3 is 9.67 Å². The van der Waals surface area contributed by atoms with Crippen molar-refractivity contribution in [1.82, 2.24) is 19.4 Å². The topological polar surface area (TPSA) is 68.3 Å². The molecule has 1 aliphatic heterocycles. The van der Waals surface area contributed by atoms with Crippen LogP contribution in [0.4, 0.5) is 0 Å². The van der Waals surface area contributed by atoms with Crippen LogP contribution in [0.25, 0.3) is 16.6 Å². The predicted molar refractivity (Wildman–Crippen MR) is 114 cm³/mol. The summed E-state index contributed by atoms with van der Waals surface area (Å²) in [5.74, 6) is 0.594. The molecule has 1 N–H and O–H groups in total. The maximum absolute atomic E-state index is 10.7. The zero-order chi connectivity index (χ0) is 20.2. The van der Waals surface area contributed by atoms with Gasteiger partial charge in [0.05, 0.1) is 17.6 Å². The Kier molecular flexibility index (Phi) is 5.61. The molecule has 29 heavy (non-hydrogen) atoms. The number of allylic oxidation sites excluding steroid dienone is 1. The number of nitrogens with zero attached hydrogens (tertiary/aromatic N) is 5. The van der Waals surface area contributed by atoms with E-state index in [0.717, 1.165) is 43.8 Å². The Hall–Kier alpha value is -3.14. The van der Waals surface area contributed by atoms with Crippen molar-refractivity contribution in [2.24, 2.45) is 7.05 Å².